The first-order valence-corrected chi connectivity index (χ1v) is 12.4. The van der Waals surface area contributed by atoms with Crippen molar-refractivity contribution in [3.05, 3.63) is 60.7 Å². The molecule has 0 N–H and O–H groups in total. The number of hydrogen-bond acceptors (Lipinski definition) is 2. The van der Waals surface area contributed by atoms with Crippen LogP contribution < -0.4 is 10.6 Å². The Bertz CT molecular complexity index is 469. The van der Waals surface area contributed by atoms with Gasteiger partial charge in [0.25, 0.3) is 0 Å². The zero-order valence-electron chi connectivity index (χ0n) is 17.0. The summed E-state index contributed by atoms with van der Waals surface area (Å²) in [6, 6.07) is 21.7. The first kappa shape index (κ1) is 30.8. The minimum Gasteiger partial charge on any atom is -0.307 e. The van der Waals surface area contributed by atoms with Gasteiger partial charge in [-0.2, -0.15) is 0 Å². The predicted octanol–water partition coefficient (Wildman–Crippen LogP) is 5.29. The second kappa shape index (κ2) is 23.2. The molecule has 27 heavy (non-hydrogen) atoms. The van der Waals surface area contributed by atoms with Crippen LogP contribution in [0.4, 0.5) is 0 Å². The van der Waals surface area contributed by atoms with Gasteiger partial charge in [-0.25, -0.2) is 0 Å². The molecule has 154 valence electrons. The summed E-state index contributed by atoms with van der Waals surface area (Å²) in [5, 5.41) is 3.10. The Morgan fingerprint density at radius 3 is 0.963 bits per heavy atom. The van der Waals surface area contributed by atoms with E-state index < -0.39 is 0 Å². The predicted molar refractivity (Wildman–Crippen MR) is 122 cm³/mol. The van der Waals surface area contributed by atoms with Crippen molar-refractivity contribution in [1.29, 1.82) is 0 Å². The van der Waals surface area contributed by atoms with Gasteiger partial charge in [0.1, 0.15) is 13.6 Å². The Kier molecular flexibility index (Phi) is 26.5. The van der Waals surface area contributed by atoms with E-state index in [9.17, 15) is 0 Å². The third-order valence-corrected chi connectivity index (χ3v) is 8.88. The van der Waals surface area contributed by atoms with Gasteiger partial charge in [0.2, 0.25) is 0 Å². The quantitative estimate of drug-likeness (QED) is 0.442. The third kappa shape index (κ3) is 13.9. The maximum Gasteiger partial charge on any atom is 0.106 e. The standard InChI is InChI=1S/2C10H15P.2CH2O.Ni/c2*1-3-11(4-2)10-8-6-5-7-9-10;2*1-2;/h2*5-9H,3-4H2,1-2H3;2*1H2;. The van der Waals surface area contributed by atoms with Gasteiger partial charge >= 0.3 is 0 Å². The van der Waals surface area contributed by atoms with E-state index in [0.717, 1.165) is 0 Å². The molecule has 2 aromatic rings. The SMILES string of the molecule is C=O.C=O.CCP(CC)c1ccccc1.CCP(CC)c1ccccc1.[Ni]. The molecule has 0 bridgehead atoms. The van der Waals surface area contributed by atoms with Gasteiger partial charge in [-0.05, 0) is 35.3 Å². The van der Waals surface area contributed by atoms with Gasteiger partial charge in [-0.1, -0.05) is 104 Å². The second-order valence-electron chi connectivity index (χ2n) is 5.02. The zero-order chi connectivity index (χ0) is 20.2. The molecule has 0 fully saturated rings. The van der Waals surface area contributed by atoms with Crippen molar-refractivity contribution in [2.75, 3.05) is 24.6 Å². The van der Waals surface area contributed by atoms with Crippen molar-refractivity contribution in [3.63, 3.8) is 0 Å². The van der Waals surface area contributed by atoms with Gasteiger partial charge in [-0.15, -0.1) is 0 Å². The summed E-state index contributed by atoms with van der Waals surface area (Å²) in [4.78, 5) is 16.0. The van der Waals surface area contributed by atoms with E-state index in [1.165, 1.54) is 24.6 Å². The molecule has 0 aliphatic heterocycles. The maximum atomic E-state index is 8.00. The molecule has 2 aromatic carbocycles. The number of benzene rings is 2. The smallest absolute Gasteiger partial charge is 0.106 e. The molecule has 2 nitrogen and oxygen atoms in total. The molecule has 0 saturated heterocycles. The van der Waals surface area contributed by atoms with Crippen LogP contribution >= 0.6 is 15.8 Å². The molecule has 0 saturated carbocycles. The van der Waals surface area contributed by atoms with E-state index in [1.807, 2.05) is 13.6 Å². The Balaban J connectivity index is -0.000000349. The Morgan fingerprint density at radius 2 is 0.778 bits per heavy atom. The van der Waals surface area contributed by atoms with E-state index in [-0.39, 0.29) is 32.3 Å². The fraction of sp³-hybridized carbons (Fsp3) is 0.364. The van der Waals surface area contributed by atoms with E-state index in [0.29, 0.717) is 0 Å². The molecule has 0 spiro atoms. The molecule has 0 aliphatic rings. The van der Waals surface area contributed by atoms with Crippen LogP contribution in [-0.2, 0) is 26.1 Å². The minimum atomic E-state index is 0. The van der Waals surface area contributed by atoms with Crippen molar-refractivity contribution in [2.45, 2.75) is 27.7 Å². The number of carbonyl (C=O) groups is 2. The summed E-state index contributed by atoms with van der Waals surface area (Å²) >= 11 is 0. The molecule has 0 aromatic heterocycles. The normalized spacial score (nSPS) is 8.81. The third-order valence-electron chi connectivity index (χ3n) is 3.77. The van der Waals surface area contributed by atoms with Crippen LogP contribution in [-0.4, -0.2) is 38.2 Å². The minimum absolute atomic E-state index is 0. The van der Waals surface area contributed by atoms with E-state index >= 15 is 0 Å². The van der Waals surface area contributed by atoms with Gasteiger partial charge < -0.3 is 9.59 Å². The monoisotopic (exact) mass is 450 g/mol. The van der Waals surface area contributed by atoms with Gasteiger partial charge in [0, 0.05) is 16.5 Å². The van der Waals surface area contributed by atoms with Gasteiger partial charge in [0.05, 0.1) is 0 Å². The average molecular weight is 451 g/mol. The fourth-order valence-electron chi connectivity index (χ4n) is 2.46. The number of carbonyl (C=O) groups excluding carboxylic acids is 2. The molecule has 0 atom stereocenters. The van der Waals surface area contributed by atoms with E-state index in [1.54, 1.807) is 10.6 Å². The Morgan fingerprint density at radius 1 is 0.556 bits per heavy atom. The van der Waals surface area contributed by atoms with Crippen LogP contribution in [0, 0.1) is 0 Å². The Labute approximate surface area is 179 Å². The first-order chi connectivity index (χ1) is 12.8. The molecular formula is C22H34NiO2P2. The number of rotatable bonds is 6. The van der Waals surface area contributed by atoms with E-state index in [2.05, 4.69) is 88.4 Å². The first-order valence-electron chi connectivity index (χ1n) is 8.94. The fourth-order valence-corrected chi connectivity index (χ4v) is 6.00. The molecule has 0 aliphatic carbocycles. The van der Waals surface area contributed by atoms with Crippen LogP contribution in [0.2, 0.25) is 0 Å². The van der Waals surface area contributed by atoms with Gasteiger partial charge in [-0.3, -0.25) is 0 Å². The van der Waals surface area contributed by atoms with Crippen LogP contribution in [0.25, 0.3) is 0 Å². The average Bonchev–Trinajstić information content (AvgIpc) is 2.75. The summed E-state index contributed by atoms with van der Waals surface area (Å²) in [6.45, 7) is 13.1. The molecule has 0 radical (unpaired) electrons. The molecule has 0 heterocycles. The van der Waals surface area contributed by atoms with Crippen LogP contribution in [0.5, 0.6) is 0 Å². The van der Waals surface area contributed by atoms with Crippen LogP contribution in [0.15, 0.2) is 60.7 Å². The molecule has 2 rings (SSSR count). The summed E-state index contributed by atoms with van der Waals surface area (Å²) in [7, 11) is 0.297. The van der Waals surface area contributed by atoms with Crippen molar-refractivity contribution >= 4 is 40.0 Å². The van der Waals surface area contributed by atoms with Crippen LogP contribution in [0.3, 0.4) is 0 Å². The summed E-state index contributed by atoms with van der Waals surface area (Å²) in [5.74, 6) is 0. The van der Waals surface area contributed by atoms with E-state index in [4.69, 9.17) is 9.59 Å². The summed E-state index contributed by atoms with van der Waals surface area (Å²) < 4.78 is 0. The number of hydrogen-bond donors (Lipinski definition) is 0. The largest absolute Gasteiger partial charge is 0.307 e. The zero-order valence-corrected chi connectivity index (χ0v) is 19.8. The molecule has 0 amide bonds. The molecular weight excluding hydrogens is 417 g/mol. The van der Waals surface area contributed by atoms with Crippen molar-refractivity contribution in [3.8, 4) is 0 Å². The maximum absolute atomic E-state index is 8.00. The Hall–Kier alpha value is -0.866. The van der Waals surface area contributed by atoms with Gasteiger partial charge in [0.15, 0.2) is 0 Å². The van der Waals surface area contributed by atoms with Crippen molar-refractivity contribution in [2.24, 2.45) is 0 Å². The molecule has 0 unspecified atom stereocenters. The second-order valence-corrected chi connectivity index (χ2v) is 10.7. The summed E-state index contributed by atoms with van der Waals surface area (Å²) in [5.41, 5.74) is 0. The summed E-state index contributed by atoms with van der Waals surface area (Å²) in [6.07, 6.45) is 5.26. The molecule has 5 heteroatoms. The van der Waals surface area contributed by atoms with Crippen molar-refractivity contribution < 1.29 is 26.1 Å². The van der Waals surface area contributed by atoms with Crippen molar-refractivity contribution in [1.82, 2.24) is 0 Å². The van der Waals surface area contributed by atoms with Crippen LogP contribution in [0.1, 0.15) is 27.7 Å². The topological polar surface area (TPSA) is 34.1 Å².